The molecule has 3 rings (SSSR count). The predicted octanol–water partition coefficient (Wildman–Crippen LogP) is 2.85. The van der Waals surface area contributed by atoms with Gasteiger partial charge in [0.2, 0.25) is 11.7 Å². The van der Waals surface area contributed by atoms with Gasteiger partial charge in [-0.2, -0.15) is 4.98 Å². The Bertz CT molecular complexity index is 987. The molecule has 0 aliphatic rings. The van der Waals surface area contributed by atoms with Crippen molar-refractivity contribution in [1.82, 2.24) is 15.5 Å². The second kappa shape index (κ2) is 9.64. The predicted molar refractivity (Wildman–Crippen MR) is 108 cm³/mol. The van der Waals surface area contributed by atoms with Crippen molar-refractivity contribution in [1.29, 1.82) is 0 Å². The summed E-state index contributed by atoms with van der Waals surface area (Å²) in [4.78, 5) is 16.6. The highest BCUT2D eigenvalue weighted by Crippen LogP contribution is 2.31. The number of rotatable bonds is 9. The van der Waals surface area contributed by atoms with E-state index in [1.807, 2.05) is 0 Å². The average molecular weight is 413 g/mol. The first-order valence-electron chi connectivity index (χ1n) is 9.17. The summed E-state index contributed by atoms with van der Waals surface area (Å²) in [5, 5.41) is 6.66. The van der Waals surface area contributed by atoms with Crippen LogP contribution in [0.5, 0.6) is 23.0 Å². The van der Waals surface area contributed by atoms with Gasteiger partial charge in [-0.25, -0.2) is 0 Å². The zero-order valence-corrected chi connectivity index (χ0v) is 17.2. The zero-order chi connectivity index (χ0) is 21.5. The van der Waals surface area contributed by atoms with E-state index in [4.69, 9.17) is 23.5 Å². The topological polar surface area (TPSA) is 105 Å². The Morgan fingerprint density at radius 3 is 2.37 bits per heavy atom. The molecular weight excluding hydrogens is 390 g/mol. The standard InChI is InChI=1S/C21H23N3O6/c1-13(29-16-8-6-15(26-2)7-9-16)21(25)22-12-19-23-20(24-30-19)14-5-10-17(27-3)18(11-14)28-4/h5-11,13H,12H2,1-4H3,(H,22,25)/t13-/m0/s1. The van der Waals surface area contributed by atoms with E-state index in [2.05, 4.69) is 15.5 Å². The van der Waals surface area contributed by atoms with E-state index in [0.29, 0.717) is 34.4 Å². The van der Waals surface area contributed by atoms with E-state index in [-0.39, 0.29) is 18.3 Å². The molecule has 0 radical (unpaired) electrons. The molecule has 0 bridgehead atoms. The quantitative estimate of drug-likeness (QED) is 0.571. The molecular formula is C21H23N3O6. The highest BCUT2D eigenvalue weighted by molar-refractivity contribution is 5.80. The van der Waals surface area contributed by atoms with Gasteiger partial charge in [0.05, 0.1) is 27.9 Å². The van der Waals surface area contributed by atoms with Gasteiger partial charge in [0, 0.05) is 5.56 Å². The summed E-state index contributed by atoms with van der Waals surface area (Å²) < 4.78 is 26.4. The van der Waals surface area contributed by atoms with Crippen LogP contribution in [0.3, 0.4) is 0 Å². The molecule has 1 N–H and O–H groups in total. The molecule has 3 aromatic rings. The highest BCUT2D eigenvalue weighted by atomic mass is 16.5. The lowest BCUT2D eigenvalue weighted by atomic mass is 10.2. The van der Waals surface area contributed by atoms with E-state index in [1.54, 1.807) is 70.7 Å². The van der Waals surface area contributed by atoms with Crippen molar-refractivity contribution in [2.45, 2.75) is 19.6 Å². The van der Waals surface area contributed by atoms with E-state index < -0.39 is 6.10 Å². The van der Waals surface area contributed by atoms with E-state index in [9.17, 15) is 4.79 Å². The van der Waals surface area contributed by atoms with Gasteiger partial charge < -0.3 is 28.8 Å². The summed E-state index contributed by atoms with van der Waals surface area (Å²) in [5.41, 5.74) is 0.699. The lowest BCUT2D eigenvalue weighted by Crippen LogP contribution is -2.35. The van der Waals surface area contributed by atoms with Gasteiger partial charge in [-0.05, 0) is 49.4 Å². The number of methoxy groups -OCH3 is 3. The largest absolute Gasteiger partial charge is 0.497 e. The molecule has 2 aromatic carbocycles. The van der Waals surface area contributed by atoms with Gasteiger partial charge in [0.1, 0.15) is 11.5 Å². The molecule has 9 heteroatoms. The Hall–Kier alpha value is -3.75. The number of aromatic nitrogens is 2. The summed E-state index contributed by atoms with van der Waals surface area (Å²) in [5.74, 6) is 2.76. The highest BCUT2D eigenvalue weighted by Gasteiger charge is 2.17. The molecule has 30 heavy (non-hydrogen) atoms. The summed E-state index contributed by atoms with van der Waals surface area (Å²) in [6.45, 7) is 1.73. The molecule has 0 aliphatic carbocycles. The van der Waals surface area contributed by atoms with Crippen molar-refractivity contribution in [3.63, 3.8) is 0 Å². The number of benzene rings is 2. The van der Waals surface area contributed by atoms with Gasteiger partial charge in [0.25, 0.3) is 5.91 Å². The smallest absolute Gasteiger partial charge is 0.261 e. The van der Waals surface area contributed by atoms with Gasteiger partial charge in [-0.1, -0.05) is 5.16 Å². The number of hydrogen-bond donors (Lipinski definition) is 1. The van der Waals surface area contributed by atoms with Crippen molar-refractivity contribution < 1.29 is 28.3 Å². The minimum absolute atomic E-state index is 0.0788. The van der Waals surface area contributed by atoms with E-state index >= 15 is 0 Å². The van der Waals surface area contributed by atoms with Crippen molar-refractivity contribution in [3.05, 3.63) is 48.4 Å². The third-order valence-electron chi connectivity index (χ3n) is 4.27. The third kappa shape index (κ3) is 4.99. The second-order valence-electron chi connectivity index (χ2n) is 6.23. The second-order valence-corrected chi connectivity index (χ2v) is 6.23. The fourth-order valence-electron chi connectivity index (χ4n) is 2.64. The Kier molecular flexibility index (Phi) is 6.74. The van der Waals surface area contributed by atoms with Crippen LogP contribution in [-0.4, -0.2) is 43.5 Å². The molecule has 0 unspecified atom stereocenters. The number of hydrogen-bond acceptors (Lipinski definition) is 8. The van der Waals surface area contributed by atoms with Crippen molar-refractivity contribution >= 4 is 5.91 Å². The molecule has 1 atom stereocenters. The molecule has 0 saturated heterocycles. The van der Waals surface area contributed by atoms with Crippen molar-refractivity contribution in [2.24, 2.45) is 0 Å². The summed E-state index contributed by atoms with van der Waals surface area (Å²) >= 11 is 0. The maximum absolute atomic E-state index is 12.3. The van der Waals surface area contributed by atoms with Gasteiger partial charge >= 0.3 is 0 Å². The Labute approximate surface area is 173 Å². The number of carbonyl (C=O) groups is 1. The molecule has 1 heterocycles. The number of nitrogens with one attached hydrogen (secondary N) is 1. The normalized spacial score (nSPS) is 11.5. The Morgan fingerprint density at radius 2 is 1.70 bits per heavy atom. The lowest BCUT2D eigenvalue weighted by molar-refractivity contribution is -0.127. The molecule has 0 fully saturated rings. The molecule has 9 nitrogen and oxygen atoms in total. The SMILES string of the molecule is COc1ccc(O[C@@H](C)C(=O)NCc2nc(-c3ccc(OC)c(OC)c3)no2)cc1. The number of nitrogens with zero attached hydrogens (tertiary/aromatic N) is 2. The van der Waals surface area contributed by atoms with Gasteiger partial charge in [-0.15, -0.1) is 0 Å². The molecule has 0 aliphatic heterocycles. The zero-order valence-electron chi connectivity index (χ0n) is 17.2. The van der Waals surface area contributed by atoms with Crippen LogP contribution < -0.4 is 24.3 Å². The van der Waals surface area contributed by atoms with Crippen LogP contribution in [0.2, 0.25) is 0 Å². The summed E-state index contributed by atoms with van der Waals surface area (Å²) in [6, 6.07) is 12.3. The number of ether oxygens (including phenoxy) is 4. The van der Waals surface area contributed by atoms with Crippen molar-refractivity contribution in [2.75, 3.05) is 21.3 Å². The molecule has 1 amide bonds. The fraction of sp³-hybridized carbons (Fsp3) is 0.286. The minimum Gasteiger partial charge on any atom is -0.497 e. The van der Waals surface area contributed by atoms with Crippen LogP contribution in [0.15, 0.2) is 47.0 Å². The number of carbonyl (C=O) groups excluding carboxylic acids is 1. The maximum Gasteiger partial charge on any atom is 0.261 e. The minimum atomic E-state index is -0.702. The van der Waals surface area contributed by atoms with Crippen LogP contribution in [0, 0.1) is 0 Å². The van der Waals surface area contributed by atoms with Crippen LogP contribution in [0.25, 0.3) is 11.4 Å². The van der Waals surface area contributed by atoms with Crippen LogP contribution >= 0.6 is 0 Å². The van der Waals surface area contributed by atoms with Crippen LogP contribution in [0.1, 0.15) is 12.8 Å². The number of amides is 1. The van der Waals surface area contributed by atoms with Crippen LogP contribution in [-0.2, 0) is 11.3 Å². The van der Waals surface area contributed by atoms with Gasteiger partial charge in [0.15, 0.2) is 17.6 Å². The maximum atomic E-state index is 12.3. The van der Waals surface area contributed by atoms with Crippen LogP contribution in [0.4, 0.5) is 0 Å². The lowest BCUT2D eigenvalue weighted by Gasteiger charge is -2.14. The van der Waals surface area contributed by atoms with E-state index in [0.717, 1.165) is 0 Å². The molecule has 0 spiro atoms. The first-order valence-corrected chi connectivity index (χ1v) is 9.17. The van der Waals surface area contributed by atoms with Crippen molar-refractivity contribution in [3.8, 4) is 34.4 Å². The third-order valence-corrected chi connectivity index (χ3v) is 4.27. The van der Waals surface area contributed by atoms with Gasteiger partial charge in [-0.3, -0.25) is 4.79 Å². The molecule has 0 saturated carbocycles. The Morgan fingerprint density at radius 1 is 1.00 bits per heavy atom. The Balaban J connectivity index is 1.57. The molecule has 1 aromatic heterocycles. The first-order chi connectivity index (χ1) is 14.5. The fourth-order valence-corrected chi connectivity index (χ4v) is 2.64. The van der Waals surface area contributed by atoms with E-state index in [1.165, 1.54) is 0 Å². The summed E-state index contributed by atoms with van der Waals surface area (Å²) in [6.07, 6.45) is -0.702. The average Bonchev–Trinajstić information content (AvgIpc) is 3.26. The monoisotopic (exact) mass is 413 g/mol. The molecule has 158 valence electrons. The summed E-state index contributed by atoms with van der Waals surface area (Å²) in [7, 11) is 4.69. The first kappa shape index (κ1) is 21.0.